The van der Waals surface area contributed by atoms with E-state index >= 15 is 0 Å². The van der Waals surface area contributed by atoms with E-state index in [1.165, 1.54) is 30.2 Å². The third-order valence-electron chi connectivity index (χ3n) is 3.35. The number of benzene rings is 2. The lowest BCUT2D eigenvalue weighted by Crippen LogP contribution is -2.05. The minimum atomic E-state index is -4.38. The highest BCUT2D eigenvalue weighted by molar-refractivity contribution is 7.99. The van der Waals surface area contributed by atoms with Crippen molar-refractivity contribution in [2.75, 3.05) is 11.1 Å². The zero-order chi connectivity index (χ0) is 18.7. The fourth-order valence-electron chi connectivity index (χ4n) is 2.05. The summed E-state index contributed by atoms with van der Waals surface area (Å²) in [5.74, 6) is 0.316. The molecule has 0 bridgehead atoms. The topological polar surface area (TPSA) is 63.8 Å². The molecule has 0 spiro atoms. The van der Waals surface area contributed by atoms with Crippen LogP contribution in [0.15, 0.2) is 64.8 Å². The van der Waals surface area contributed by atoms with Crippen molar-refractivity contribution in [3.05, 3.63) is 65.4 Å². The molecule has 0 radical (unpaired) electrons. The van der Waals surface area contributed by atoms with E-state index < -0.39 is 11.7 Å². The first kappa shape index (κ1) is 18.3. The molecule has 0 amide bonds. The molecule has 0 aliphatic heterocycles. The molecule has 0 atom stereocenters. The van der Waals surface area contributed by atoms with E-state index in [1.54, 1.807) is 12.1 Å². The first-order valence-corrected chi connectivity index (χ1v) is 8.50. The molecule has 0 unspecified atom stereocenters. The monoisotopic (exact) mass is 396 g/mol. The predicted molar refractivity (Wildman–Crippen MR) is 96.7 cm³/mol. The average Bonchev–Trinajstić information content (AvgIpc) is 2.60. The maximum Gasteiger partial charge on any atom is 0.416 e. The van der Waals surface area contributed by atoms with Crippen LogP contribution in [0, 0.1) is 0 Å². The summed E-state index contributed by atoms with van der Waals surface area (Å²) in [6.45, 7) is 0. The quantitative estimate of drug-likeness (QED) is 0.560. The Morgan fingerprint density at radius 1 is 0.962 bits per heavy atom. The van der Waals surface area contributed by atoms with Crippen molar-refractivity contribution in [3.63, 3.8) is 0 Å². The molecule has 0 aliphatic carbocycles. The van der Waals surface area contributed by atoms with Crippen LogP contribution in [-0.2, 0) is 6.18 Å². The van der Waals surface area contributed by atoms with E-state index in [9.17, 15) is 13.2 Å². The summed E-state index contributed by atoms with van der Waals surface area (Å²) in [7, 11) is 0. The zero-order valence-electron chi connectivity index (χ0n) is 13.1. The Hall–Kier alpha value is -2.45. The Labute approximate surface area is 156 Å². The second-order valence-electron chi connectivity index (χ2n) is 5.20. The van der Waals surface area contributed by atoms with Crippen molar-refractivity contribution in [3.8, 4) is 0 Å². The molecule has 1 aromatic heterocycles. The average molecular weight is 397 g/mol. The van der Waals surface area contributed by atoms with Crippen molar-refractivity contribution < 1.29 is 13.2 Å². The predicted octanol–water partition coefficient (Wildman–Crippen LogP) is 5.63. The molecule has 26 heavy (non-hydrogen) atoms. The minimum Gasteiger partial charge on any atom is -0.394 e. The molecule has 4 nitrogen and oxygen atoms in total. The molecule has 3 rings (SSSR count). The van der Waals surface area contributed by atoms with Crippen LogP contribution in [0.1, 0.15) is 5.56 Å². The lowest BCUT2D eigenvalue weighted by Gasteiger charge is -2.12. The molecule has 0 aliphatic rings. The maximum atomic E-state index is 12.6. The standard InChI is InChI=1S/C17H12ClF3N4S/c18-11-3-7-13(8-4-11)26-16-14(22)15(23-9-24-16)25-12-5-1-10(2-6-12)17(19,20)21/h1-9H,22H2,(H,23,24,25). The molecular weight excluding hydrogens is 385 g/mol. The van der Waals surface area contributed by atoms with Crippen LogP contribution in [0.3, 0.4) is 0 Å². The van der Waals surface area contributed by atoms with Crippen molar-refractivity contribution in [1.82, 2.24) is 9.97 Å². The van der Waals surface area contributed by atoms with Crippen LogP contribution in [0.4, 0.5) is 30.4 Å². The van der Waals surface area contributed by atoms with Crippen LogP contribution in [-0.4, -0.2) is 9.97 Å². The lowest BCUT2D eigenvalue weighted by molar-refractivity contribution is -0.137. The molecule has 134 valence electrons. The Balaban J connectivity index is 1.79. The van der Waals surface area contributed by atoms with Gasteiger partial charge in [0.15, 0.2) is 5.82 Å². The largest absolute Gasteiger partial charge is 0.416 e. The number of rotatable bonds is 4. The van der Waals surface area contributed by atoms with Gasteiger partial charge in [0.25, 0.3) is 0 Å². The summed E-state index contributed by atoms with van der Waals surface area (Å²) in [6, 6.07) is 11.8. The van der Waals surface area contributed by atoms with E-state index in [0.29, 0.717) is 27.2 Å². The Morgan fingerprint density at radius 2 is 1.62 bits per heavy atom. The number of anilines is 3. The summed E-state index contributed by atoms with van der Waals surface area (Å²) in [5, 5.41) is 4.05. The first-order chi connectivity index (χ1) is 12.3. The number of alkyl halides is 3. The van der Waals surface area contributed by atoms with E-state index in [1.807, 2.05) is 12.1 Å². The Morgan fingerprint density at radius 3 is 2.23 bits per heavy atom. The van der Waals surface area contributed by atoms with Crippen molar-refractivity contribution in [2.24, 2.45) is 0 Å². The van der Waals surface area contributed by atoms with E-state index in [-0.39, 0.29) is 0 Å². The Kier molecular flexibility index (Phi) is 5.24. The van der Waals surface area contributed by atoms with Gasteiger partial charge in [-0.3, -0.25) is 0 Å². The van der Waals surface area contributed by atoms with Gasteiger partial charge in [0.2, 0.25) is 0 Å². The number of nitrogens with two attached hydrogens (primary N) is 1. The number of hydrogen-bond acceptors (Lipinski definition) is 5. The highest BCUT2D eigenvalue weighted by atomic mass is 35.5. The first-order valence-electron chi connectivity index (χ1n) is 7.31. The molecule has 0 fully saturated rings. The minimum absolute atomic E-state index is 0.298. The van der Waals surface area contributed by atoms with Gasteiger partial charge in [-0.25, -0.2) is 9.97 Å². The van der Waals surface area contributed by atoms with Gasteiger partial charge in [-0.2, -0.15) is 13.2 Å². The van der Waals surface area contributed by atoms with Gasteiger partial charge < -0.3 is 11.1 Å². The summed E-state index contributed by atoms with van der Waals surface area (Å²) in [6.07, 6.45) is -3.05. The molecule has 3 aromatic rings. The third kappa shape index (κ3) is 4.39. The molecular formula is C17H12ClF3N4S. The summed E-state index contributed by atoms with van der Waals surface area (Å²) in [4.78, 5) is 9.10. The van der Waals surface area contributed by atoms with Gasteiger partial charge in [-0.15, -0.1) is 0 Å². The van der Waals surface area contributed by atoms with Crippen molar-refractivity contribution in [2.45, 2.75) is 16.1 Å². The van der Waals surface area contributed by atoms with Crippen molar-refractivity contribution >= 4 is 40.6 Å². The van der Waals surface area contributed by atoms with Crippen LogP contribution >= 0.6 is 23.4 Å². The number of nitrogens with one attached hydrogen (secondary N) is 1. The highest BCUT2D eigenvalue weighted by Crippen LogP contribution is 2.35. The number of hydrogen-bond donors (Lipinski definition) is 2. The van der Waals surface area contributed by atoms with Crippen LogP contribution in [0.25, 0.3) is 0 Å². The molecule has 3 N–H and O–H groups in total. The van der Waals surface area contributed by atoms with Crippen LogP contribution in [0.5, 0.6) is 0 Å². The van der Waals surface area contributed by atoms with E-state index in [0.717, 1.165) is 17.0 Å². The Bertz CT molecular complexity index is 899. The maximum absolute atomic E-state index is 12.6. The SMILES string of the molecule is Nc1c(Nc2ccc(C(F)(F)F)cc2)ncnc1Sc1ccc(Cl)cc1. The molecule has 0 saturated carbocycles. The summed E-state index contributed by atoms with van der Waals surface area (Å²) < 4.78 is 37.9. The smallest absolute Gasteiger partial charge is 0.394 e. The highest BCUT2D eigenvalue weighted by Gasteiger charge is 2.29. The molecule has 0 saturated heterocycles. The number of halogens is 4. The molecule has 2 aromatic carbocycles. The number of nitrogen functional groups attached to an aromatic ring is 1. The van der Waals surface area contributed by atoms with Gasteiger partial charge >= 0.3 is 6.18 Å². The second-order valence-corrected chi connectivity index (χ2v) is 6.70. The van der Waals surface area contributed by atoms with Gasteiger partial charge in [0, 0.05) is 15.6 Å². The fourth-order valence-corrected chi connectivity index (χ4v) is 2.98. The molecule has 9 heteroatoms. The second kappa shape index (κ2) is 7.43. The molecule has 1 heterocycles. The normalized spacial score (nSPS) is 11.4. The number of nitrogens with zero attached hydrogens (tertiary/aromatic N) is 2. The zero-order valence-corrected chi connectivity index (χ0v) is 14.7. The van der Waals surface area contributed by atoms with E-state index in [2.05, 4.69) is 15.3 Å². The summed E-state index contributed by atoms with van der Waals surface area (Å²) >= 11 is 7.19. The van der Waals surface area contributed by atoms with E-state index in [4.69, 9.17) is 17.3 Å². The third-order valence-corrected chi connectivity index (χ3v) is 4.63. The van der Waals surface area contributed by atoms with Crippen molar-refractivity contribution in [1.29, 1.82) is 0 Å². The lowest BCUT2D eigenvalue weighted by atomic mass is 10.2. The van der Waals surface area contributed by atoms with Gasteiger partial charge in [0.1, 0.15) is 17.0 Å². The summed E-state index contributed by atoms with van der Waals surface area (Å²) in [5.41, 5.74) is 6.10. The fraction of sp³-hybridized carbons (Fsp3) is 0.0588. The van der Waals surface area contributed by atoms with Gasteiger partial charge in [-0.1, -0.05) is 23.4 Å². The van der Waals surface area contributed by atoms with Gasteiger partial charge in [0.05, 0.1) is 5.56 Å². The van der Waals surface area contributed by atoms with Crippen LogP contribution < -0.4 is 11.1 Å². The van der Waals surface area contributed by atoms with Crippen LogP contribution in [0.2, 0.25) is 5.02 Å². The number of aromatic nitrogens is 2. The van der Waals surface area contributed by atoms with Gasteiger partial charge in [-0.05, 0) is 48.5 Å².